The first-order valence-electron chi connectivity index (χ1n) is 6.65. The van der Waals surface area contributed by atoms with Crippen molar-refractivity contribution in [3.8, 4) is 0 Å². The molecule has 1 rings (SSSR count). The maximum Gasteiger partial charge on any atom is 0.322 e. The van der Waals surface area contributed by atoms with Crippen molar-refractivity contribution in [1.29, 1.82) is 0 Å². The van der Waals surface area contributed by atoms with E-state index in [1.807, 2.05) is 41.5 Å². The van der Waals surface area contributed by atoms with Crippen molar-refractivity contribution in [2.45, 2.75) is 59.5 Å². The van der Waals surface area contributed by atoms with Gasteiger partial charge in [0.25, 0.3) is 0 Å². The van der Waals surface area contributed by atoms with E-state index in [4.69, 9.17) is 4.84 Å². The van der Waals surface area contributed by atoms with E-state index in [-0.39, 0.29) is 17.8 Å². The highest BCUT2D eigenvalue weighted by Crippen LogP contribution is 2.48. The van der Waals surface area contributed by atoms with E-state index >= 15 is 0 Å². The zero-order valence-corrected chi connectivity index (χ0v) is 12.9. The second-order valence-electron chi connectivity index (χ2n) is 6.63. The summed E-state index contributed by atoms with van der Waals surface area (Å²) in [6.07, 6.45) is 0. The fourth-order valence-electron chi connectivity index (χ4n) is 3.22. The molecule has 1 N–H and O–H groups in total. The number of aliphatic carboxylic acids is 1. The molecule has 0 aromatic rings. The molecule has 0 aromatic carbocycles. The molecule has 0 radical (unpaired) electrons. The van der Waals surface area contributed by atoms with Crippen molar-refractivity contribution in [2.75, 3.05) is 0 Å². The molecule has 0 bridgehead atoms. The molecular formula is C14H25NO4. The monoisotopic (exact) mass is 271 g/mol. The van der Waals surface area contributed by atoms with Gasteiger partial charge in [-0.05, 0) is 39.5 Å². The number of hydrogen-bond donors (Lipinski definition) is 1. The summed E-state index contributed by atoms with van der Waals surface area (Å²) in [4.78, 5) is 28.3. The zero-order valence-electron chi connectivity index (χ0n) is 12.9. The number of carboxylic acid groups (broad SMARTS) is 1. The SMILES string of the molecule is CC(=O)ON1C(C)(C)C(C)C(C(=O)O)C(C)C1(C)C. The van der Waals surface area contributed by atoms with Gasteiger partial charge in [-0.25, -0.2) is 0 Å². The van der Waals surface area contributed by atoms with Gasteiger partial charge in [-0.2, -0.15) is 0 Å². The van der Waals surface area contributed by atoms with Gasteiger partial charge in [-0.3, -0.25) is 9.59 Å². The summed E-state index contributed by atoms with van der Waals surface area (Å²) in [5, 5.41) is 11.2. The Morgan fingerprint density at radius 3 is 1.68 bits per heavy atom. The van der Waals surface area contributed by atoms with Crippen LogP contribution < -0.4 is 0 Å². The number of carbonyl (C=O) groups is 2. The average Bonchev–Trinajstić information content (AvgIpc) is 2.23. The van der Waals surface area contributed by atoms with Gasteiger partial charge in [0.2, 0.25) is 0 Å². The summed E-state index contributed by atoms with van der Waals surface area (Å²) in [5.41, 5.74) is -1.07. The van der Waals surface area contributed by atoms with Gasteiger partial charge >= 0.3 is 11.9 Å². The summed E-state index contributed by atoms with van der Waals surface area (Å²) < 4.78 is 0. The number of hydroxylamine groups is 2. The molecule has 0 aromatic heterocycles. The smallest absolute Gasteiger partial charge is 0.322 e. The molecule has 19 heavy (non-hydrogen) atoms. The Kier molecular flexibility index (Phi) is 4.01. The summed E-state index contributed by atoms with van der Waals surface area (Å²) >= 11 is 0. The molecule has 1 heterocycles. The fourth-order valence-corrected chi connectivity index (χ4v) is 3.22. The maximum absolute atomic E-state index is 11.6. The summed E-state index contributed by atoms with van der Waals surface area (Å²) in [7, 11) is 0. The maximum atomic E-state index is 11.6. The zero-order chi connectivity index (χ0) is 15.2. The third-order valence-corrected chi connectivity index (χ3v) is 4.86. The second-order valence-corrected chi connectivity index (χ2v) is 6.63. The molecule has 110 valence electrons. The Morgan fingerprint density at radius 1 is 1.05 bits per heavy atom. The summed E-state index contributed by atoms with van der Waals surface area (Å²) in [5.74, 6) is -1.89. The third kappa shape index (κ3) is 2.48. The van der Waals surface area contributed by atoms with Gasteiger partial charge in [0.15, 0.2) is 0 Å². The molecule has 0 spiro atoms. The van der Waals surface area contributed by atoms with Crippen molar-refractivity contribution < 1.29 is 19.5 Å². The number of nitrogens with zero attached hydrogens (tertiary/aromatic N) is 1. The lowest BCUT2D eigenvalue weighted by Crippen LogP contribution is -2.69. The first kappa shape index (κ1) is 16.0. The van der Waals surface area contributed by atoms with Gasteiger partial charge in [0.05, 0.1) is 17.0 Å². The first-order chi connectivity index (χ1) is 8.44. The van der Waals surface area contributed by atoms with Gasteiger partial charge in [0.1, 0.15) is 0 Å². The molecule has 1 aliphatic rings. The van der Waals surface area contributed by atoms with Crippen molar-refractivity contribution in [3.63, 3.8) is 0 Å². The minimum absolute atomic E-state index is 0.132. The van der Waals surface area contributed by atoms with Crippen LogP contribution in [0.1, 0.15) is 48.5 Å². The van der Waals surface area contributed by atoms with Crippen LogP contribution in [0, 0.1) is 17.8 Å². The van der Waals surface area contributed by atoms with E-state index in [0.29, 0.717) is 0 Å². The quantitative estimate of drug-likeness (QED) is 0.834. The van der Waals surface area contributed by atoms with E-state index in [0.717, 1.165) is 0 Å². The highest BCUT2D eigenvalue weighted by molar-refractivity contribution is 5.71. The van der Waals surface area contributed by atoms with Crippen molar-refractivity contribution >= 4 is 11.9 Å². The van der Waals surface area contributed by atoms with Crippen molar-refractivity contribution in [2.24, 2.45) is 17.8 Å². The molecular weight excluding hydrogens is 246 g/mol. The highest BCUT2D eigenvalue weighted by atomic mass is 16.7. The predicted molar refractivity (Wildman–Crippen MR) is 71.2 cm³/mol. The predicted octanol–water partition coefficient (Wildman–Crippen LogP) is 2.31. The van der Waals surface area contributed by atoms with Crippen LogP contribution in [-0.4, -0.2) is 33.2 Å². The van der Waals surface area contributed by atoms with Crippen LogP contribution in [0.4, 0.5) is 0 Å². The van der Waals surface area contributed by atoms with Crippen LogP contribution in [0.2, 0.25) is 0 Å². The lowest BCUT2D eigenvalue weighted by molar-refractivity contribution is -0.296. The Labute approximate surface area is 114 Å². The van der Waals surface area contributed by atoms with Gasteiger partial charge in [-0.1, -0.05) is 13.8 Å². The number of carboxylic acids is 1. The molecule has 2 unspecified atom stereocenters. The van der Waals surface area contributed by atoms with E-state index in [1.165, 1.54) is 6.92 Å². The largest absolute Gasteiger partial charge is 0.481 e. The topological polar surface area (TPSA) is 66.8 Å². The van der Waals surface area contributed by atoms with Crippen molar-refractivity contribution in [3.05, 3.63) is 0 Å². The van der Waals surface area contributed by atoms with Crippen molar-refractivity contribution in [1.82, 2.24) is 5.06 Å². The van der Waals surface area contributed by atoms with Crippen LogP contribution >= 0.6 is 0 Å². The van der Waals surface area contributed by atoms with E-state index in [1.54, 1.807) is 5.06 Å². The summed E-state index contributed by atoms with van der Waals surface area (Å²) in [6, 6.07) is 0. The third-order valence-electron chi connectivity index (χ3n) is 4.86. The van der Waals surface area contributed by atoms with Gasteiger partial charge in [0, 0.05) is 6.92 Å². The fraction of sp³-hybridized carbons (Fsp3) is 0.857. The standard InChI is InChI=1S/C14H25NO4/c1-8-11(12(17)18)9(2)14(6,7)15(13(8,4)5)19-10(3)16/h8-9,11H,1-7H3,(H,17,18). The molecule has 1 fully saturated rings. The number of hydrogen-bond acceptors (Lipinski definition) is 4. The number of piperidine rings is 1. The molecule has 0 amide bonds. The van der Waals surface area contributed by atoms with Crippen LogP contribution in [0.5, 0.6) is 0 Å². The molecule has 0 aliphatic carbocycles. The molecule has 5 nitrogen and oxygen atoms in total. The van der Waals surface area contributed by atoms with Crippen LogP contribution in [0.3, 0.4) is 0 Å². The van der Waals surface area contributed by atoms with Crippen LogP contribution in [0.15, 0.2) is 0 Å². The van der Waals surface area contributed by atoms with Crippen LogP contribution in [0.25, 0.3) is 0 Å². The summed E-state index contributed by atoms with van der Waals surface area (Å²) in [6.45, 7) is 12.9. The molecule has 1 aliphatic heterocycles. The molecule has 2 atom stereocenters. The highest BCUT2D eigenvalue weighted by Gasteiger charge is 2.58. The molecule has 0 saturated carbocycles. The normalized spacial score (nSPS) is 33.7. The lowest BCUT2D eigenvalue weighted by atomic mass is 9.62. The second kappa shape index (κ2) is 4.78. The number of carbonyl (C=O) groups excluding carboxylic acids is 1. The van der Waals surface area contributed by atoms with E-state index < -0.39 is 23.0 Å². The minimum atomic E-state index is -0.788. The Hall–Kier alpha value is -1.10. The average molecular weight is 271 g/mol. The van der Waals surface area contributed by atoms with E-state index in [9.17, 15) is 14.7 Å². The number of rotatable bonds is 2. The Balaban J connectivity index is 3.28. The van der Waals surface area contributed by atoms with Gasteiger partial charge < -0.3 is 9.94 Å². The Morgan fingerprint density at radius 2 is 1.42 bits per heavy atom. The minimum Gasteiger partial charge on any atom is -0.481 e. The molecule has 5 heteroatoms. The van der Waals surface area contributed by atoms with E-state index in [2.05, 4.69) is 0 Å². The lowest BCUT2D eigenvalue weighted by Gasteiger charge is -2.58. The molecule has 1 saturated heterocycles. The van der Waals surface area contributed by atoms with Crippen LogP contribution in [-0.2, 0) is 14.4 Å². The van der Waals surface area contributed by atoms with Gasteiger partial charge in [-0.15, -0.1) is 5.06 Å². The first-order valence-corrected chi connectivity index (χ1v) is 6.65. The Bertz CT molecular complexity index is 367.